The van der Waals surface area contributed by atoms with E-state index in [1.807, 2.05) is 28.8 Å². The Hall–Kier alpha value is -2.23. The van der Waals surface area contributed by atoms with Crippen molar-refractivity contribution in [2.24, 2.45) is 0 Å². The molecule has 0 saturated carbocycles. The van der Waals surface area contributed by atoms with Gasteiger partial charge in [-0.25, -0.2) is 27.7 Å². The number of fused-ring (bicyclic) bond motifs is 1. The van der Waals surface area contributed by atoms with Crippen LogP contribution >= 0.6 is 11.6 Å². The van der Waals surface area contributed by atoms with Crippen LogP contribution in [0, 0.1) is 0 Å². The Morgan fingerprint density at radius 2 is 1.96 bits per heavy atom. The quantitative estimate of drug-likeness (QED) is 0.714. The highest BCUT2D eigenvalue weighted by atomic mass is 35.5. The van der Waals surface area contributed by atoms with Crippen LogP contribution in [0.2, 0.25) is 5.02 Å². The third-order valence-corrected chi connectivity index (χ3v) is 6.15. The monoisotopic (exact) mass is 406 g/mol. The van der Waals surface area contributed by atoms with Crippen LogP contribution in [0.4, 0.5) is 5.82 Å². The fourth-order valence-electron chi connectivity index (χ4n) is 3.29. The van der Waals surface area contributed by atoms with Gasteiger partial charge in [-0.15, -0.1) is 0 Å². The summed E-state index contributed by atoms with van der Waals surface area (Å²) in [5.74, 6) is 0.605. The van der Waals surface area contributed by atoms with Crippen molar-refractivity contribution in [3.63, 3.8) is 0 Å². The topological polar surface area (TPSA) is 93.0 Å². The number of hydrogen-bond acceptors (Lipinski definition) is 6. The lowest BCUT2D eigenvalue weighted by molar-refractivity contribution is 0.329. The maximum absolute atomic E-state index is 11.8. The molecular weight excluding hydrogens is 388 g/mol. The molecule has 0 aliphatic carbocycles. The van der Waals surface area contributed by atoms with Crippen LogP contribution in [0.5, 0.6) is 0 Å². The molecule has 0 unspecified atom stereocenters. The molecule has 0 spiro atoms. The summed E-state index contributed by atoms with van der Waals surface area (Å²) in [6.45, 7) is 0.976. The summed E-state index contributed by atoms with van der Waals surface area (Å²) in [7, 11) is -3.20. The number of anilines is 1. The molecule has 1 aliphatic rings. The van der Waals surface area contributed by atoms with Gasteiger partial charge in [0.05, 0.1) is 6.26 Å². The fourth-order valence-corrected chi connectivity index (χ4v) is 4.32. The molecule has 3 heterocycles. The number of rotatable bonds is 4. The lowest BCUT2D eigenvalue weighted by Gasteiger charge is -2.31. The lowest BCUT2D eigenvalue weighted by atomic mass is 10.1. The molecule has 2 aromatic heterocycles. The van der Waals surface area contributed by atoms with Gasteiger partial charge in [-0.1, -0.05) is 11.6 Å². The van der Waals surface area contributed by atoms with Crippen LogP contribution in [0.25, 0.3) is 16.9 Å². The molecule has 1 aliphatic heterocycles. The van der Waals surface area contributed by atoms with Gasteiger partial charge >= 0.3 is 0 Å². The van der Waals surface area contributed by atoms with Crippen LogP contribution < -0.4 is 5.32 Å². The molecule has 4 rings (SSSR count). The summed E-state index contributed by atoms with van der Waals surface area (Å²) >= 11 is 5.96. The third kappa shape index (κ3) is 3.76. The zero-order chi connectivity index (χ0) is 19.0. The van der Waals surface area contributed by atoms with Crippen LogP contribution in [0.1, 0.15) is 12.8 Å². The Morgan fingerprint density at radius 1 is 1.19 bits per heavy atom. The van der Waals surface area contributed by atoms with Crippen LogP contribution in [0.15, 0.2) is 36.9 Å². The average Bonchev–Trinajstić information content (AvgIpc) is 3.07. The van der Waals surface area contributed by atoms with Gasteiger partial charge in [0, 0.05) is 29.8 Å². The second kappa shape index (κ2) is 7.06. The number of nitrogens with one attached hydrogen (secondary N) is 1. The summed E-state index contributed by atoms with van der Waals surface area (Å²) in [5.41, 5.74) is 2.21. The average molecular weight is 407 g/mol. The minimum atomic E-state index is -3.20. The minimum Gasteiger partial charge on any atom is -0.364 e. The van der Waals surface area contributed by atoms with E-state index in [4.69, 9.17) is 11.6 Å². The van der Waals surface area contributed by atoms with Crippen LogP contribution in [0.3, 0.4) is 0 Å². The number of imidazole rings is 1. The van der Waals surface area contributed by atoms with Gasteiger partial charge in [-0.05, 0) is 37.1 Å². The van der Waals surface area contributed by atoms with Crippen molar-refractivity contribution < 1.29 is 8.42 Å². The summed E-state index contributed by atoms with van der Waals surface area (Å²) < 4.78 is 27.0. The van der Waals surface area contributed by atoms with E-state index in [2.05, 4.69) is 20.3 Å². The van der Waals surface area contributed by atoms with Crippen molar-refractivity contribution in [2.45, 2.75) is 18.9 Å². The molecule has 1 atom stereocenters. The Labute approximate surface area is 162 Å². The van der Waals surface area contributed by atoms with Crippen molar-refractivity contribution >= 4 is 38.6 Å². The zero-order valence-corrected chi connectivity index (χ0v) is 16.3. The standard InChI is InChI=1S/C17H19ClN6O2S/c1-27(25,26)23-8-2-3-13(9-23)22-16-15-17(20-10-19-16)24(11-21-15)14-6-4-12(18)5-7-14/h4-7,10-11,13H,2-3,8-9H2,1H3,(H,19,20,22)/t13-/m0/s1. The van der Waals surface area contributed by atoms with E-state index in [0.717, 1.165) is 18.5 Å². The van der Waals surface area contributed by atoms with Crippen molar-refractivity contribution in [1.29, 1.82) is 0 Å². The van der Waals surface area contributed by atoms with Gasteiger partial charge in [0.2, 0.25) is 10.0 Å². The summed E-state index contributed by atoms with van der Waals surface area (Å²) in [4.78, 5) is 13.1. The molecule has 0 amide bonds. The summed E-state index contributed by atoms with van der Waals surface area (Å²) in [6.07, 6.45) is 6.09. The Kier molecular flexibility index (Phi) is 4.75. The first-order valence-electron chi connectivity index (χ1n) is 8.57. The predicted molar refractivity (Wildman–Crippen MR) is 105 cm³/mol. The van der Waals surface area contributed by atoms with Gasteiger partial charge < -0.3 is 5.32 Å². The van der Waals surface area contributed by atoms with Gasteiger partial charge in [-0.3, -0.25) is 4.57 Å². The van der Waals surface area contributed by atoms with E-state index >= 15 is 0 Å². The summed E-state index contributed by atoms with van der Waals surface area (Å²) in [6, 6.07) is 7.39. The van der Waals surface area contributed by atoms with E-state index < -0.39 is 10.0 Å². The largest absolute Gasteiger partial charge is 0.364 e. The minimum absolute atomic E-state index is 0.0211. The van der Waals surface area contributed by atoms with Crippen molar-refractivity contribution in [2.75, 3.05) is 24.7 Å². The second-order valence-electron chi connectivity index (χ2n) is 6.59. The zero-order valence-electron chi connectivity index (χ0n) is 14.7. The first kappa shape index (κ1) is 18.1. The van der Waals surface area contributed by atoms with E-state index in [1.54, 1.807) is 6.33 Å². The molecule has 8 nitrogen and oxygen atoms in total. The first-order chi connectivity index (χ1) is 12.9. The molecular formula is C17H19ClN6O2S. The van der Waals surface area contributed by atoms with E-state index in [1.165, 1.54) is 16.9 Å². The van der Waals surface area contributed by atoms with Gasteiger partial charge in [0.15, 0.2) is 17.0 Å². The number of aromatic nitrogens is 4. The number of benzene rings is 1. The highest BCUT2D eigenvalue weighted by molar-refractivity contribution is 7.88. The fraction of sp³-hybridized carbons (Fsp3) is 0.353. The molecule has 27 heavy (non-hydrogen) atoms. The number of hydrogen-bond donors (Lipinski definition) is 1. The number of sulfonamides is 1. The number of halogens is 1. The van der Waals surface area contributed by atoms with Crippen LogP contribution in [-0.4, -0.2) is 57.6 Å². The molecule has 0 bridgehead atoms. The van der Waals surface area contributed by atoms with Gasteiger partial charge in [0.25, 0.3) is 0 Å². The molecule has 1 saturated heterocycles. The molecule has 10 heteroatoms. The maximum atomic E-state index is 11.8. The molecule has 1 N–H and O–H groups in total. The lowest BCUT2D eigenvalue weighted by Crippen LogP contribution is -2.44. The van der Waals surface area contributed by atoms with E-state index in [9.17, 15) is 8.42 Å². The van der Waals surface area contributed by atoms with Gasteiger partial charge in [0.1, 0.15) is 12.7 Å². The first-order valence-corrected chi connectivity index (χ1v) is 10.8. The Morgan fingerprint density at radius 3 is 2.70 bits per heavy atom. The predicted octanol–water partition coefficient (Wildman–Crippen LogP) is 2.30. The Bertz CT molecular complexity index is 1070. The molecule has 3 aromatic rings. The number of nitrogens with zero attached hydrogens (tertiary/aromatic N) is 5. The second-order valence-corrected chi connectivity index (χ2v) is 9.01. The van der Waals surface area contributed by atoms with E-state index in [-0.39, 0.29) is 6.04 Å². The smallest absolute Gasteiger partial charge is 0.211 e. The normalized spacial score (nSPS) is 18.7. The molecule has 0 radical (unpaired) electrons. The highest BCUT2D eigenvalue weighted by Crippen LogP contribution is 2.24. The molecule has 1 fully saturated rings. The molecule has 1 aromatic carbocycles. The van der Waals surface area contributed by atoms with Crippen molar-refractivity contribution in [3.8, 4) is 5.69 Å². The third-order valence-electron chi connectivity index (χ3n) is 4.63. The summed E-state index contributed by atoms with van der Waals surface area (Å²) in [5, 5.41) is 4.01. The van der Waals surface area contributed by atoms with Crippen molar-refractivity contribution in [1.82, 2.24) is 23.8 Å². The van der Waals surface area contributed by atoms with Crippen molar-refractivity contribution in [3.05, 3.63) is 41.9 Å². The SMILES string of the molecule is CS(=O)(=O)N1CCC[C@H](Nc2ncnc3c2ncn3-c2ccc(Cl)cc2)C1. The highest BCUT2D eigenvalue weighted by Gasteiger charge is 2.26. The molecule has 142 valence electrons. The van der Waals surface area contributed by atoms with E-state index in [0.29, 0.717) is 35.1 Å². The van der Waals surface area contributed by atoms with Crippen LogP contribution in [-0.2, 0) is 10.0 Å². The Balaban J connectivity index is 1.63. The maximum Gasteiger partial charge on any atom is 0.211 e. The number of piperidine rings is 1. The van der Waals surface area contributed by atoms with Gasteiger partial charge in [-0.2, -0.15) is 0 Å².